The van der Waals surface area contributed by atoms with Gasteiger partial charge in [0.25, 0.3) is 10.0 Å². The van der Waals surface area contributed by atoms with Crippen molar-refractivity contribution in [2.45, 2.75) is 56.2 Å². The predicted octanol–water partition coefficient (Wildman–Crippen LogP) is 5.17. The molecule has 3 heterocycles. The van der Waals surface area contributed by atoms with Gasteiger partial charge in [-0.05, 0) is 54.7 Å². The van der Waals surface area contributed by atoms with Crippen molar-refractivity contribution in [1.29, 1.82) is 0 Å². The number of hydrogen-bond donors (Lipinski definition) is 1. The van der Waals surface area contributed by atoms with E-state index >= 15 is 0 Å². The maximum absolute atomic E-state index is 13.2. The monoisotopic (exact) mass is 499 g/mol. The summed E-state index contributed by atoms with van der Waals surface area (Å²) < 4.78 is 35.9. The average Bonchev–Trinajstić information content (AvgIpc) is 3.15. The lowest BCUT2D eigenvalue weighted by molar-refractivity contribution is 0.147. The van der Waals surface area contributed by atoms with Gasteiger partial charge in [-0.2, -0.15) is 0 Å². The van der Waals surface area contributed by atoms with E-state index in [1.807, 2.05) is 30.6 Å². The number of aromatic nitrogens is 2. The molecule has 0 radical (unpaired) electrons. The minimum atomic E-state index is -4.06. The Labute approximate surface area is 204 Å². The van der Waals surface area contributed by atoms with Gasteiger partial charge in [0.05, 0.1) is 12.6 Å². The van der Waals surface area contributed by atoms with Gasteiger partial charge in [0.1, 0.15) is 10.0 Å². The molecule has 1 aliphatic carbocycles. The van der Waals surface area contributed by atoms with Crippen molar-refractivity contribution >= 4 is 27.5 Å². The average molecular weight is 500 g/mol. The number of nitrogens with zero attached hydrogens (tertiary/aromatic N) is 2. The number of imidazole rings is 1. The minimum Gasteiger partial charge on any atom is -0.449 e. The summed E-state index contributed by atoms with van der Waals surface area (Å²) in [6.07, 6.45) is 7.69. The Hall–Kier alpha value is -2.65. The number of thiophene rings is 1. The van der Waals surface area contributed by atoms with Crippen LogP contribution in [0.4, 0.5) is 4.79 Å². The zero-order valence-electron chi connectivity index (χ0n) is 19.4. The fourth-order valence-electron chi connectivity index (χ4n) is 4.43. The molecule has 1 amide bonds. The Bertz CT molecular complexity index is 1290. The lowest BCUT2D eigenvalue weighted by atomic mass is 10.0. The van der Waals surface area contributed by atoms with Gasteiger partial charge in [-0.15, -0.1) is 11.3 Å². The number of fused-ring (bicyclic) bond motifs is 1. The van der Waals surface area contributed by atoms with E-state index in [1.165, 1.54) is 16.9 Å². The molecule has 3 aromatic rings. The first-order valence-electron chi connectivity index (χ1n) is 11.7. The van der Waals surface area contributed by atoms with Crippen molar-refractivity contribution in [3.8, 4) is 11.1 Å². The topological polar surface area (TPSA) is 90.3 Å². The quantitative estimate of drug-likeness (QED) is 0.462. The second-order valence-corrected chi connectivity index (χ2v) is 12.6. The van der Waals surface area contributed by atoms with Gasteiger partial charge >= 0.3 is 6.09 Å². The lowest BCUT2D eigenvalue weighted by Crippen LogP contribution is -2.31. The highest BCUT2D eigenvalue weighted by molar-refractivity contribution is 7.92. The zero-order valence-corrected chi connectivity index (χ0v) is 21.0. The van der Waals surface area contributed by atoms with Gasteiger partial charge in [0, 0.05) is 29.3 Å². The molecule has 7 nitrogen and oxygen atoms in total. The van der Waals surface area contributed by atoms with Crippen molar-refractivity contribution < 1.29 is 17.9 Å². The van der Waals surface area contributed by atoms with Gasteiger partial charge in [0.2, 0.25) is 0 Å². The Morgan fingerprint density at radius 1 is 1.24 bits per heavy atom. The smallest absolute Gasteiger partial charge is 0.421 e. The van der Waals surface area contributed by atoms with Crippen LogP contribution in [0.25, 0.3) is 11.1 Å². The van der Waals surface area contributed by atoms with Crippen LogP contribution in [-0.4, -0.2) is 30.7 Å². The van der Waals surface area contributed by atoms with Crippen LogP contribution in [0.3, 0.4) is 0 Å². The number of carbonyl (C=O) groups excluding carboxylic acids is 1. The number of nitrogens with one attached hydrogen (secondary N) is 1. The molecule has 1 fully saturated rings. The summed E-state index contributed by atoms with van der Waals surface area (Å²) in [6.45, 7) is 4.46. The first kappa shape index (κ1) is 23.1. The lowest BCUT2D eigenvalue weighted by Gasteiger charge is -2.14. The van der Waals surface area contributed by atoms with Gasteiger partial charge in [-0.25, -0.2) is 22.9 Å². The molecule has 1 atom stereocenters. The van der Waals surface area contributed by atoms with E-state index in [2.05, 4.69) is 40.3 Å². The molecule has 180 valence electrons. The van der Waals surface area contributed by atoms with Gasteiger partial charge in [-0.3, -0.25) is 0 Å². The van der Waals surface area contributed by atoms with Crippen LogP contribution in [0.2, 0.25) is 0 Å². The van der Waals surface area contributed by atoms with Crippen LogP contribution in [-0.2, 0) is 27.6 Å². The molecule has 1 aliphatic heterocycles. The van der Waals surface area contributed by atoms with Crippen LogP contribution in [0.1, 0.15) is 55.4 Å². The molecule has 1 aromatic carbocycles. The number of benzene rings is 1. The van der Waals surface area contributed by atoms with Crippen LogP contribution in [0, 0.1) is 11.8 Å². The molecule has 1 saturated carbocycles. The maximum atomic E-state index is 13.2. The van der Waals surface area contributed by atoms with E-state index in [0.717, 1.165) is 48.4 Å². The van der Waals surface area contributed by atoms with E-state index in [-0.39, 0.29) is 16.9 Å². The van der Waals surface area contributed by atoms with Crippen LogP contribution >= 0.6 is 11.3 Å². The molecule has 2 aliphatic rings. The summed E-state index contributed by atoms with van der Waals surface area (Å²) in [5, 5.41) is 0. The Morgan fingerprint density at radius 3 is 2.71 bits per heavy atom. The number of rotatable bonds is 8. The summed E-state index contributed by atoms with van der Waals surface area (Å²) in [6, 6.07) is 10.2. The van der Waals surface area contributed by atoms with Gasteiger partial charge < -0.3 is 9.30 Å². The fourth-order valence-corrected chi connectivity index (χ4v) is 7.27. The molecule has 0 bridgehead atoms. The summed E-state index contributed by atoms with van der Waals surface area (Å²) in [4.78, 5) is 17.5. The fraction of sp³-hybridized carbons (Fsp3) is 0.440. The molecule has 9 heteroatoms. The first-order valence-corrected chi connectivity index (χ1v) is 14.0. The van der Waals surface area contributed by atoms with Crippen molar-refractivity contribution in [2.24, 2.45) is 11.8 Å². The van der Waals surface area contributed by atoms with E-state index < -0.39 is 16.1 Å². The highest BCUT2D eigenvalue weighted by Crippen LogP contribution is 2.38. The highest BCUT2D eigenvalue weighted by Gasteiger charge is 2.29. The van der Waals surface area contributed by atoms with Crippen LogP contribution in [0.5, 0.6) is 0 Å². The SMILES string of the molecule is CC(C)Cc1cc(-c2ccc([C@@H]3CCc4nccn43)cc2)c(S(=O)(=O)NC(=O)OCC2CC2)s1. The molecule has 0 saturated heterocycles. The van der Waals surface area contributed by atoms with E-state index in [4.69, 9.17) is 4.74 Å². The molecule has 0 unspecified atom stereocenters. The summed E-state index contributed by atoms with van der Waals surface area (Å²) in [5.41, 5.74) is 2.60. The number of ether oxygens (including phenoxy) is 1. The number of hydrogen-bond acceptors (Lipinski definition) is 6. The second kappa shape index (κ2) is 9.19. The molecular formula is C25H29N3O4S2. The molecule has 5 rings (SSSR count). The molecule has 0 spiro atoms. The summed E-state index contributed by atoms with van der Waals surface area (Å²) >= 11 is 1.22. The molecule has 1 N–H and O–H groups in total. The largest absolute Gasteiger partial charge is 0.449 e. The van der Waals surface area contributed by atoms with Gasteiger partial charge in [0.15, 0.2) is 0 Å². The van der Waals surface area contributed by atoms with E-state index in [1.54, 1.807) is 0 Å². The third kappa shape index (κ3) is 4.90. The molecule has 34 heavy (non-hydrogen) atoms. The number of sulfonamides is 1. The van der Waals surface area contributed by atoms with Crippen LogP contribution in [0.15, 0.2) is 46.9 Å². The molecule has 2 aromatic heterocycles. The number of amides is 1. The summed E-state index contributed by atoms with van der Waals surface area (Å²) in [5.74, 6) is 1.84. The minimum absolute atomic E-state index is 0.150. The van der Waals surface area contributed by atoms with Gasteiger partial charge in [-0.1, -0.05) is 38.1 Å². The van der Waals surface area contributed by atoms with Crippen molar-refractivity contribution in [2.75, 3.05) is 6.61 Å². The number of carbonyl (C=O) groups is 1. The van der Waals surface area contributed by atoms with E-state index in [0.29, 0.717) is 17.4 Å². The Kier molecular flexibility index (Phi) is 6.24. The zero-order chi connectivity index (χ0) is 23.9. The van der Waals surface area contributed by atoms with Crippen molar-refractivity contribution in [3.05, 3.63) is 59.0 Å². The third-order valence-corrected chi connectivity index (χ3v) is 9.30. The third-order valence-electron chi connectivity index (χ3n) is 6.30. The summed E-state index contributed by atoms with van der Waals surface area (Å²) in [7, 11) is -4.06. The van der Waals surface area contributed by atoms with Crippen LogP contribution < -0.4 is 4.72 Å². The normalized spacial score (nSPS) is 17.7. The Morgan fingerprint density at radius 2 is 2.00 bits per heavy atom. The molecular weight excluding hydrogens is 470 g/mol. The highest BCUT2D eigenvalue weighted by atomic mass is 32.2. The van der Waals surface area contributed by atoms with E-state index in [9.17, 15) is 13.2 Å². The Balaban J connectivity index is 1.42. The number of aryl methyl sites for hydroxylation is 1. The van der Waals surface area contributed by atoms with Crippen molar-refractivity contribution in [3.63, 3.8) is 0 Å². The maximum Gasteiger partial charge on any atom is 0.421 e. The second-order valence-electron chi connectivity index (χ2n) is 9.59. The standard InChI is InChI=1S/C25H29N3O4S2/c1-16(2)13-20-14-21(24(33-20)34(30,31)27-25(29)32-15-17-3-4-17)18-5-7-19(8-6-18)22-9-10-23-26-11-12-28(22)23/h5-8,11-12,14,16-17,22H,3-4,9-10,13,15H2,1-2H3,(H,27,29)/t22-/m0/s1. The predicted molar refractivity (Wildman–Crippen MR) is 131 cm³/mol. The van der Waals surface area contributed by atoms with Crippen molar-refractivity contribution in [1.82, 2.24) is 14.3 Å². The first-order chi connectivity index (χ1) is 16.3.